The average molecular weight is 449 g/mol. The van der Waals surface area contributed by atoms with Crippen LogP contribution in [0.25, 0.3) is 10.8 Å². The molecule has 0 spiro atoms. The first-order valence-corrected chi connectivity index (χ1v) is 11.5. The Bertz CT molecular complexity index is 1160. The van der Waals surface area contributed by atoms with Crippen LogP contribution in [0.4, 0.5) is 0 Å². The molecule has 33 heavy (non-hydrogen) atoms. The van der Waals surface area contributed by atoms with Crippen LogP contribution in [0.15, 0.2) is 47.7 Å². The van der Waals surface area contributed by atoms with Crippen LogP contribution in [0, 0.1) is 16.7 Å². The number of ether oxygens (including phenoxy) is 1. The lowest BCUT2D eigenvalue weighted by Gasteiger charge is -2.39. The zero-order chi connectivity index (χ0) is 24.1. The molecule has 4 rings (SSSR count). The maximum absolute atomic E-state index is 13.4. The summed E-state index contributed by atoms with van der Waals surface area (Å²) in [5.74, 6) is -1.67. The Labute approximate surface area is 194 Å². The van der Waals surface area contributed by atoms with E-state index in [9.17, 15) is 19.5 Å². The molecule has 5 heteroatoms. The molecule has 0 aromatic heterocycles. The van der Waals surface area contributed by atoms with Gasteiger partial charge in [0.1, 0.15) is 23.1 Å². The van der Waals surface area contributed by atoms with Gasteiger partial charge in [0.15, 0.2) is 5.78 Å². The van der Waals surface area contributed by atoms with E-state index >= 15 is 0 Å². The third-order valence-corrected chi connectivity index (χ3v) is 7.01. The zero-order valence-electron chi connectivity index (χ0n) is 20.0. The zero-order valence-corrected chi connectivity index (χ0v) is 20.0. The van der Waals surface area contributed by atoms with Gasteiger partial charge < -0.3 is 9.84 Å². The van der Waals surface area contributed by atoms with E-state index in [-0.39, 0.29) is 53.4 Å². The summed E-state index contributed by atoms with van der Waals surface area (Å²) in [6.45, 7) is 7.72. The first-order valence-electron chi connectivity index (χ1n) is 11.5. The minimum absolute atomic E-state index is 0.00779. The molecule has 2 aromatic carbocycles. The first kappa shape index (κ1) is 23.2. The number of aliphatic hydroxyl groups excluding tert-OH is 1. The molecule has 0 radical (unpaired) electrons. The van der Waals surface area contributed by atoms with Crippen molar-refractivity contribution < 1.29 is 24.2 Å². The van der Waals surface area contributed by atoms with Crippen LogP contribution in [0.3, 0.4) is 0 Å². The Hall–Kier alpha value is -2.95. The van der Waals surface area contributed by atoms with E-state index in [1.54, 1.807) is 13.2 Å². The van der Waals surface area contributed by atoms with Crippen molar-refractivity contribution in [2.75, 3.05) is 7.11 Å². The van der Waals surface area contributed by atoms with Crippen LogP contribution in [0.5, 0.6) is 5.75 Å². The lowest BCUT2D eigenvalue weighted by molar-refractivity contribution is -0.140. The molecule has 0 aliphatic heterocycles. The Kier molecular flexibility index (Phi) is 5.71. The summed E-state index contributed by atoms with van der Waals surface area (Å²) in [4.78, 5) is 40.2. The molecule has 0 unspecified atom stereocenters. The van der Waals surface area contributed by atoms with Crippen molar-refractivity contribution in [2.24, 2.45) is 16.7 Å². The maximum atomic E-state index is 13.4. The molecule has 0 bridgehead atoms. The number of Topliss-reactive ketones (excluding diaryl/α,β-unsaturated/α-hetero) is 3. The summed E-state index contributed by atoms with van der Waals surface area (Å²) >= 11 is 0. The molecule has 1 saturated carbocycles. The molecular formula is C28H32O5. The number of hydrogen-bond donors (Lipinski definition) is 1. The van der Waals surface area contributed by atoms with Gasteiger partial charge in [-0.15, -0.1) is 0 Å². The van der Waals surface area contributed by atoms with Gasteiger partial charge in [-0.05, 0) is 27.8 Å². The number of benzene rings is 2. The number of rotatable bonds is 4. The van der Waals surface area contributed by atoms with E-state index in [1.165, 1.54) is 0 Å². The standard InChI is InChI=1S/C28H32O5/c1-27(2)12-19(29)25(20(30)13-27)24(26-21(31)14-28(3,4)15-22(26)32)18-10-11-23(33-5)17-9-7-6-8-16(17)18/h6-11,24-25,31H,12-15H2,1-5H3/t24-/m1/s1. The minimum Gasteiger partial charge on any atom is -0.512 e. The number of allylic oxidation sites excluding steroid dienone is 2. The molecule has 2 aliphatic rings. The summed E-state index contributed by atoms with van der Waals surface area (Å²) in [6, 6.07) is 11.3. The van der Waals surface area contributed by atoms with Gasteiger partial charge in [0.25, 0.3) is 0 Å². The SMILES string of the molecule is COc1ccc([C@@H](C2=C(O)CC(C)(C)CC2=O)C2C(=O)CC(C)(C)CC2=O)c2ccccc12. The molecule has 174 valence electrons. The largest absolute Gasteiger partial charge is 0.512 e. The predicted molar refractivity (Wildman–Crippen MR) is 127 cm³/mol. The first-order chi connectivity index (χ1) is 15.4. The Morgan fingerprint density at radius 3 is 2.00 bits per heavy atom. The molecule has 2 aliphatic carbocycles. The van der Waals surface area contributed by atoms with Gasteiger partial charge in [0.2, 0.25) is 0 Å². The number of carbonyl (C=O) groups is 3. The lowest BCUT2D eigenvalue weighted by Crippen LogP contribution is -2.43. The molecule has 5 nitrogen and oxygen atoms in total. The third kappa shape index (κ3) is 4.21. The van der Waals surface area contributed by atoms with E-state index in [4.69, 9.17) is 4.74 Å². The van der Waals surface area contributed by atoms with Crippen LogP contribution in [0.2, 0.25) is 0 Å². The summed E-state index contributed by atoms with van der Waals surface area (Å²) < 4.78 is 5.53. The molecule has 1 fully saturated rings. The lowest BCUT2D eigenvalue weighted by atomic mass is 9.62. The second-order valence-corrected chi connectivity index (χ2v) is 11.1. The quantitative estimate of drug-likeness (QED) is 0.606. The molecular weight excluding hydrogens is 416 g/mol. The van der Waals surface area contributed by atoms with Crippen LogP contribution in [-0.2, 0) is 14.4 Å². The van der Waals surface area contributed by atoms with Gasteiger partial charge in [0.05, 0.1) is 13.0 Å². The van der Waals surface area contributed by atoms with Crippen molar-refractivity contribution in [1.82, 2.24) is 0 Å². The van der Waals surface area contributed by atoms with Crippen LogP contribution >= 0.6 is 0 Å². The normalized spacial score (nSPS) is 22.0. The van der Waals surface area contributed by atoms with Gasteiger partial charge >= 0.3 is 0 Å². The molecule has 1 atom stereocenters. The monoisotopic (exact) mass is 448 g/mol. The van der Waals surface area contributed by atoms with Gasteiger partial charge in [-0.1, -0.05) is 58.0 Å². The predicted octanol–water partition coefficient (Wildman–Crippen LogP) is 5.71. The smallest absolute Gasteiger partial charge is 0.163 e. The summed E-state index contributed by atoms with van der Waals surface area (Å²) in [6.07, 6.45) is 1.13. The van der Waals surface area contributed by atoms with Crippen molar-refractivity contribution in [3.8, 4) is 5.75 Å². The Morgan fingerprint density at radius 1 is 0.848 bits per heavy atom. The van der Waals surface area contributed by atoms with E-state index in [1.807, 2.05) is 58.0 Å². The Morgan fingerprint density at radius 2 is 1.42 bits per heavy atom. The highest BCUT2D eigenvalue weighted by atomic mass is 16.5. The fourth-order valence-electron chi connectivity index (χ4n) is 5.68. The third-order valence-electron chi connectivity index (χ3n) is 7.01. The summed E-state index contributed by atoms with van der Waals surface area (Å²) in [7, 11) is 1.59. The minimum atomic E-state index is -0.989. The highest BCUT2D eigenvalue weighted by Gasteiger charge is 2.48. The fraction of sp³-hybridized carbons (Fsp3) is 0.464. The van der Waals surface area contributed by atoms with Crippen molar-refractivity contribution in [2.45, 2.75) is 59.3 Å². The van der Waals surface area contributed by atoms with Gasteiger partial charge in [-0.2, -0.15) is 0 Å². The highest BCUT2D eigenvalue weighted by molar-refractivity contribution is 6.10. The van der Waals surface area contributed by atoms with Crippen molar-refractivity contribution in [3.63, 3.8) is 0 Å². The van der Waals surface area contributed by atoms with E-state index in [0.29, 0.717) is 17.7 Å². The van der Waals surface area contributed by atoms with E-state index in [0.717, 1.165) is 10.8 Å². The van der Waals surface area contributed by atoms with Crippen molar-refractivity contribution >= 4 is 28.1 Å². The number of ketones is 3. The molecule has 0 amide bonds. The second-order valence-electron chi connectivity index (χ2n) is 11.1. The van der Waals surface area contributed by atoms with Crippen LogP contribution in [0.1, 0.15) is 64.9 Å². The molecule has 2 aromatic rings. The fourth-order valence-corrected chi connectivity index (χ4v) is 5.68. The van der Waals surface area contributed by atoms with Gasteiger partial charge in [-0.25, -0.2) is 0 Å². The summed E-state index contributed by atoms with van der Waals surface area (Å²) in [5, 5.41) is 12.7. The van der Waals surface area contributed by atoms with E-state index in [2.05, 4.69) is 0 Å². The molecule has 0 saturated heterocycles. The van der Waals surface area contributed by atoms with E-state index < -0.39 is 17.3 Å². The second kappa shape index (κ2) is 8.12. The van der Waals surface area contributed by atoms with Crippen molar-refractivity contribution in [3.05, 3.63) is 53.3 Å². The van der Waals surface area contributed by atoms with Gasteiger partial charge in [-0.3, -0.25) is 14.4 Å². The van der Waals surface area contributed by atoms with Gasteiger partial charge in [0, 0.05) is 42.6 Å². The number of fused-ring (bicyclic) bond motifs is 1. The number of carbonyl (C=O) groups excluding carboxylic acids is 3. The topological polar surface area (TPSA) is 80.7 Å². The number of hydrogen-bond acceptors (Lipinski definition) is 5. The number of aliphatic hydroxyl groups is 1. The Balaban J connectivity index is 1.98. The van der Waals surface area contributed by atoms with Crippen LogP contribution in [-0.4, -0.2) is 29.6 Å². The average Bonchev–Trinajstić information content (AvgIpc) is 2.69. The highest BCUT2D eigenvalue weighted by Crippen LogP contribution is 2.49. The van der Waals surface area contributed by atoms with Crippen LogP contribution < -0.4 is 4.74 Å². The number of methoxy groups -OCH3 is 1. The summed E-state index contributed by atoms with van der Waals surface area (Å²) in [5.41, 5.74) is 0.134. The van der Waals surface area contributed by atoms with Crippen molar-refractivity contribution in [1.29, 1.82) is 0 Å². The molecule has 1 N–H and O–H groups in total. The molecule has 0 heterocycles. The maximum Gasteiger partial charge on any atom is 0.163 e.